The molecule has 0 spiro atoms. The van der Waals surface area contributed by atoms with Crippen molar-refractivity contribution in [2.75, 3.05) is 0 Å². The first-order chi connectivity index (χ1) is 5.36. The van der Waals surface area contributed by atoms with Gasteiger partial charge in [0.05, 0.1) is 5.57 Å². The van der Waals surface area contributed by atoms with Crippen molar-refractivity contribution in [3.05, 3.63) is 28.0 Å². The summed E-state index contributed by atoms with van der Waals surface area (Å²) in [6, 6.07) is 5.51. The standard InChI is InChI=1S/C8H5NOS/c9-5-7(6-10)4-8-2-1-3-11-8/h1-4,6H/b7-4-. The van der Waals surface area contributed by atoms with E-state index in [1.165, 1.54) is 11.3 Å². The largest absolute Gasteiger partial charge is 0.297 e. The van der Waals surface area contributed by atoms with Gasteiger partial charge in [-0.05, 0) is 17.5 Å². The summed E-state index contributed by atoms with van der Waals surface area (Å²) in [5.41, 5.74) is 0.160. The minimum atomic E-state index is 0.160. The third kappa shape index (κ3) is 2.03. The molecule has 0 aromatic carbocycles. The second kappa shape index (κ2) is 3.69. The number of allylic oxidation sites excluding steroid dienone is 1. The maximum Gasteiger partial charge on any atom is 0.160 e. The van der Waals surface area contributed by atoms with Crippen LogP contribution in [0.3, 0.4) is 0 Å². The Morgan fingerprint density at radius 2 is 2.55 bits per heavy atom. The van der Waals surface area contributed by atoms with E-state index in [9.17, 15) is 4.79 Å². The molecule has 1 rings (SSSR count). The summed E-state index contributed by atoms with van der Waals surface area (Å²) < 4.78 is 0. The van der Waals surface area contributed by atoms with E-state index in [0.29, 0.717) is 6.29 Å². The maximum atomic E-state index is 10.2. The van der Waals surface area contributed by atoms with Crippen LogP contribution in [0, 0.1) is 11.3 Å². The molecule has 1 aromatic heterocycles. The highest BCUT2D eigenvalue weighted by molar-refractivity contribution is 7.10. The number of carbonyl (C=O) groups is 1. The van der Waals surface area contributed by atoms with Crippen LogP contribution >= 0.6 is 11.3 Å². The van der Waals surface area contributed by atoms with E-state index in [1.54, 1.807) is 12.1 Å². The zero-order chi connectivity index (χ0) is 8.10. The van der Waals surface area contributed by atoms with Gasteiger partial charge < -0.3 is 0 Å². The summed E-state index contributed by atoms with van der Waals surface area (Å²) in [6.07, 6.45) is 2.12. The molecule has 3 heteroatoms. The van der Waals surface area contributed by atoms with Crippen molar-refractivity contribution in [2.24, 2.45) is 0 Å². The van der Waals surface area contributed by atoms with Crippen molar-refractivity contribution in [1.82, 2.24) is 0 Å². The Hall–Kier alpha value is -1.40. The van der Waals surface area contributed by atoms with Crippen LogP contribution in [0.4, 0.5) is 0 Å². The Morgan fingerprint density at radius 1 is 1.73 bits per heavy atom. The van der Waals surface area contributed by atoms with Gasteiger partial charge in [-0.1, -0.05) is 6.07 Å². The molecule has 2 nitrogen and oxygen atoms in total. The number of aldehydes is 1. The van der Waals surface area contributed by atoms with E-state index in [-0.39, 0.29) is 5.57 Å². The Labute approximate surface area is 68.4 Å². The van der Waals surface area contributed by atoms with Gasteiger partial charge in [0.2, 0.25) is 0 Å². The first kappa shape index (κ1) is 7.70. The second-order valence-corrected chi connectivity index (χ2v) is 2.82. The molecule has 0 fully saturated rings. The van der Waals surface area contributed by atoms with Crippen LogP contribution in [-0.2, 0) is 4.79 Å². The van der Waals surface area contributed by atoms with Gasteiger partial charge in [-0.2, -0.15) is 5.26 Å². The highest BCUT2D eigenvalue weighted by atomic mass is 32.1. The maximum absolute atomic E-state index is 10.2. The Balaban J connectivity index is 2.90. The third-order valence-electron chi connectivity index (χ3n) is 1.10. The molecule has 11 heavy (non-hydrogen) atoms. The molecule has 0 bridgehead atoms. The molecule has 0 saturated carbocycles. The van der Waals surface area contributed by atoms with Gasteiger partial charge in [0, 0.05) is 4.88 Å². The van der Waals surface area contributed by atoms with Crippen LogP contribution in [0.2, 0.25) is 0 Å². The van der Waals surface area contributed by atoms with Gasteiger partial charge in [-0.25, -0.2) is 0 Å². The van der Waals surface area contributed by atoms with Gasteiger partial charge in [0.1, 0.15) is 6.07 Å². The molecular formula is C8H5NOS. The molecule has 0 aliphatic rings. The van der Waals surface area contributed by atoms with Crippen molar-refractivity contribution in [3.8, 4) is 6.07 Å². The van der Waals surface area contributed by atoms with E-state index in [4.69, 9.17) is 5.26 Å². The summed E-state index contributed by atoms with van der Waals surface area (Å²) in [5, 5.41) is 10.3. The number of nitriles is 1. The predicted octanol–water partition coefficient (Wildman–Crippen LogP) is 1.85. The van der Waals surface area contributed by atoms with Crippen molar-refractivity contribution >= 4 is 23.7 Å². The zero-order valence-electron chi connectivity index (χ0n) is 5.65. The number of thiophene rings is 1. The van der Waals surface area contributed by atoms with Crippen LogP contribution in [0.15, 0.2) is 23.1 Å². The topological polar surface area (TPSA) is 40.9 Å². The smallest absolute Gasteiger partial charge is 0.160 e. The van der Waals surface area contributed by atoms with Crippen molar-refractivity contribution in [1.29, 1.82) is 5.26 Å². The summed E-state index contributed by atoms with van der Waals surface area (Å²) >= 11 is 1.50. The molecule has 0 unspecified atom stereocenters. The number of hydrogen-bond donors (Lipinski definition) is 0. The van der Waals surface area contributed by atoms with E-state index in [1.807, 2.05) is 17.5 Å². The quantitative estimate of drug-likeness (QED) is 0.379. The molecule has 0 atom stereocenters. The number of rotatable bonds is 2. The van der Waals surface area contributed by atoms with E-state index in [2.05, 4.69) is 0 Å². The van der Waals surface area contributed by atoms with Crippen LogP contribution in [0.5, 0.6) is 0 Å². The van der Waals surface area contributed by atoms with Gasteiger partial charge in [-0.3, -0.25) is 4.79 Å². The van der Waals surface area contributed by atoms with Crippen LogP contribution in [0.25, 0.3) is 6.08 Å². The Bertz CT molecular complexity index is 305. The zero-order valence-corrected chi connectivity index (χ0v) is 6.47. The first-order valence-corrected chi connectivity index (χ1v) is 3.85. The second-order valence-electron chi connectivity index (χ2n) is 1.84. The molecule has 1 heterocycles. The third-order valence-corrected chi connectivity index (χ3v) is 1.92. The van der Waals surface area contributed by atoms with E-state index >= 15 is 0 Å². The van der Waals surface area contributed by atoms with Gasteiger partial charge in [-0.15, -0.1) is 11.3 Å². The van der Waals surface area contributed by atoms with Gasteiger partial charge >= 0.3 is 0 Å². The normalized spacial score (nSPS) is 10.6. The Kier molecular flexibility index (Phi) is 2.59. The number of carbonyl (C=O) groups excluding carboxylic acids is 1. The summed E-state index contributed by atoms with van der Waals surface area (Å²) in [7, 11) is 0. The van der Waals surface area contributed by atoms with Crippen LogP contribution in [-0.4, -0.2) is 6.29 Å². The van der Waals surface area contributed by atoms with E-state index < -0.39 is 0 Å². The molecule has 0 radical (unpaired) electrons. The Morgan fingerprint density at radius 3 is 3.00 bits per heavy atom. The fourth-order valence-corrected chi connectivity index (χ4v) is 1.29. The van der Waals surface area contributed by atoms with Crippen molar-refractivity contribution in [3.63, 3.8) is 0 Å². The molecule has 0 saturated heterocycles. The minimum Gasteiger partial charge on any atom is -0.297 e. The van der Waals surface area contributed by atoms with Crippen molar-refractivity contribution < 1.29 is 4.79 Å². The molecule has 54 valence electrons. The number of nitrogens with zero attached hydrogens (tertiary/aromatic N) is 1. The predicted molar refractivity (Wildman–Crippen MR) is 44.0 cm³/mol. The molecular weight excluding hydrogens is 158 g/mol. The average Bonchev–Trinajstić information content (AvgIpc) is 2.52. The van der Waals surface area contributed by atoms with Gasteiger partial charge in [0.15, 0.2) is 6.29 Å². The molecule has 0 aliphatic carbocycles. The van der Waals surface area contributed by atoms with Crippen LogP contribution in [0.1, 0.15) is 4.88 Å². The fraction of sp³-hybridized carbons (Fsp3) is 0. The monoisotopic (exact) mass is 163 g/mol. The lowest BCUT2D eigenvalue weighted by molar-refractivity contribution is -0.104. The molecule has 0 amide bonds. The lowest BCUT2D eigenvalue weighted by Crippen LogP contribution is -1.76. The fourth-order valence-electron chi connectivity index (χ4n) is 0.619. The molecule has 1 aromatic rings. The van der Waals surface area contributed by atoms with Crippen LogP contribution < -0.4 is 0 Å². The highest BCUT2D eigenvalue weighted by Gasteiger charge is 1.92. The lowest BCUT2D eigenvalue weighted by atomic mass is 10.3. The lowest BCUT2D eigenvalue weighted by Gasteiger charge is -1.81. The SMILES string of the molecule is N#C/C(C=O)=C/c1cccs1. The molecule has 0 aliphatic heterocycles. The summed E-state index contributed by atoms with van der Waals surface area (Å²) in [4.78, 5) is 11.1. The first-order valence-electron chi connectivity index (χ1n) is 2.97. The van der Waals surface area contributed by atoms with Crippen molar-refractivity contribution in [2.45, 2.75) is 0 Å². The minimum absolute atomic E-state index is 0.160. The highest BCUT2D eigenvalue weighted by Crippen LogP contribution is 2.11. The average molecular weight is 163 g/mol. The van der Waals surface area contributed by atoms with Gasteiger partial charge in [0.25, 0.3) is 0 Å². The molecule has 0 N–H and O–H groups in total. The van der Waals surface area contributed by atoms with E-state index in [0.717, 1.165) is 4.88 Å². The number of hydrogen-bond acceptors (Lipinski definition) is 3. The summed E-state index contributed by atoms with van der Waals surface area (Å²) in [6.45, 7) is 0. The summed E-state index contributed by atoms with van der Waals surface area (Å²) in [5.74, 6) is 0.